The lowest BCUT2D eigenvalue weighted by atomic mass is 10.0. The Morgan fingerprint density at radius 1 is 1.06 bits per heavy atom. The summed E-state index contributed by atoms with van der Waals surface area (Å²) in [6, 6.07) is 0.0196. The van der Waals surface area contributed by atoms with Gasteiger partial charge in [-0.1, -0.05) is 0 Å². The zero-order valence-corrected chi connectivity index (χ0v) is 15.7. The van der Waals surface area contributed by atoms with Crippen LogP contribution in [-0.4, -0.2) is 39.1 Å². The second-order valence-corrected chi connectivity index (χ2v) is 7.15. The van der Waals surface area contributed by atoms with Crippen LogP contribution in [0.2, 0.25) is 0 Å². The summed E-state index contributed by atoms with van der Waals surface area (Å²) in [5.74, 6) is -9.54. The van der Waals surface area contributed by atoms with Crippen LogP contribution in [0.4, 0.5) is 35.1 Å². The number of hydrogen-bond acceptors (Lipinski definition) is 3. The van der Waals surface area contributed by atoms with Gasteiger partial charge in [-0.15, -0.1) is 0 Å². The summed E-state index contributed by atoms with van der Waals surface area (Å²) in [5.41, 5.74) is 4.11. The molecule has 1 amide bonds. The number of imidazole rings is 1. The van der Waals surface area contributed by atoms with Crippen molar-refractivity contribution in [3.05, 3.63) is 52.9 Å². The molecule has 3 rings (SSSR count). The highest BCUT2D eigenvalue weighted by Gasteiger charge is 2.60. The molecule has 31 heavy (non-hydrogen) atoms. The maximum absolute atomic E-state index is 13.7. The van der Waals surface area contributed by atoms with Gasteiger partial charge < -0.3 is 15.2 Å². The van der Waals surface area contributed by atoms with E-state index >= 15 is 0 Å². The number of fused-ring (bicyclic) bond motifs is 1. The van der Waals surface area contributed by atoms with Gasteiger partial charge in [0.25, 0.3) is 0 Å². The molecule has 1 aliphatic heterocycles. The van der Waals surface area contributed by atoms with Crippen molar-refractivity contribution in [2.24, 2.45) is 5.73 Å². The average molecular weight is 456 g/mol. The van der Waals surface area contributed by atoms with Crippen molar-refractivity contribution in [2.45, 2.75) is 44.1 Å². The lowest BCUT2D eigenvalue weighted by Gasteiger charge is -2.28. The Balaban J connectivity index is 1.65. The molecule has 1 aromatic heterocycles. The third-order valence-electron chi connectivity index (χ3n) is 4.84. The Bertz CT molecular complexity index is 988. The molecule has 170 valence electrons. The van der Waals surface area contributed by atoms with Crippen LogP contribution in [0, 0.1) is 17.5 Å². The molecule has 1 atom stereocenters. The SMILES string of the molecule is N[C@@H](CC(=O)N1CCn2cc(C(F)(F)C(F)(F)F)nc2C1)Cc1cc(F)c(F)cc1F. The van der Waals surface area contributed by atoms with E-state index in [0.717, 1.165) is 4.57 Å². The Morgan fingerprint density at radius 2 is 1.71 bits per heavy atom. The molecule has 0 saturated carbocycles. The number of nitrogens with two attached hydrogens (primary N) is 1. The van der Waals surface area contributed by atoms with Gasteiger partial charge in [-0.05, 0) is 18.1 Å². The highest BCUT2D eigenvalue weighted by molar-refractivity contribution is 5.76. The number of hydrogen-bond donors (Lipinski definition) is 1. The van der Waals surface area contributed by atoms with Crippen LogP contribution in [0.25, 0.3) is 0 Å². The fourth-order valence-corrected chi connectivity index (χ4v) is 3.19. The van der Waals surface area contributed by atoms with Crippen LogP contribution in [0.5, 0.6) is 0 Å². The van der Waals surface area contributed by atoms with E-state index < -0.39 is 47.2 Å². The number of aromatic nitrogens is 2. The Morgan fingerprint density at radius 3 is 2.35 bits per heavy atom. The minimum Gasteiger partial charge on any atom is -0.333 e. The Kier molecular flexibility index (Phi) is 6.00. The predicted octanol–water partition coefficient (Wildman–Crippen LogP) is 3.26. The Hall–Kier alpha value is -2.70. The zero-order valence-electron chi connectivity index (χ0n) is 15.7. The second kappa shape index (κ2) is 8.09. The molecule has 0 fully saturated rings. The van der Waals surface area contributed by atoms with Crippen molar-refractivity contribution in [3.63, 3.8) is 0 Å². The first-order valence-corrected chi connectivity index (χ1v) is 8.97. The highest BCUT2D eigenvalue weighted by Crippen LogP contribution is 2.43. The van der Waals surface area contributed by atoms with E-state index in [9.17, 15) is 39.9 Å². The summed E-state index contributed by atoms with van der Waals surface area (Å²) in [6.07, 6.45) is -5.83. The molecule has 0 saturated heterocycles. The van der Waals surface area contributed by atoms with E-state index in [-0.39, 0.29) is 43.9 Å². The van der Waals surface area contributed by atoms with E-state index in [4.69, 9.17) is 5.73 Å². The van der Waals surface area contributed by atoms with Crippen LogP contribution >= 0.6 is 0 Å². The smallest absolute Gasteiger partial charge is 0.333 e. The fourth-order valence-electron chi connectivity index (χ4n) is 3.19. The number of halogens is 8. The lowest BCUT2D eigenvalue weighted by Crippen LogP contribution is -2.41. The normalized spacial score (nSPS) is 15.7. The number of carbonyl (C=O) groups is 1. The maximum atomic E-state index is 13.7. The quantitative estimate of drug-likeness (QED) is 0.555. The van der Waals surface area contributed by atoms with E-state index in [1.165, 1.54) is 4.90 Å². The van der Waals surface area contributed by atoms with Crippen molar-refractivity contribution < 1.29 is 39.9 Å². The van der Waals surface area contributed by atoms with Crippen molar-refractivity contribution in [3.8, 4) is 0 Å². The molecule has 2 aromatic rings. The van der Waals surface area contributed by atoms with E-state index in [1.54, 1.807) is 0 Å². The van der Waals surface area contributed by atoms with Gasteiger partial charge in [-0.2, -0.15) is 22.0 Å². The molecule has 0 aliphatic carbocycles. The molecule has 2 heterocycles. The van der Waals surface area contributed by atoms with Crippen molar-refractivity contribution in [1.29, 1.82) is 0 Å². The first-order valence-electron chi connectivity index (χ1n) is 8.97. The molecule has 0 spiro atoms. The number of alkyl halides is 5. The number of carbonyl (C=O) groups excluding carboxylic acids is 1. The summed E-state index contributed by atoms with van der Waals surface area (Å²) in [7, 11) is 0. The van der Waals surface area contributed by atoms with Crippen LogP contribution < -0.4 is 5.73 Å². The van der Waals surface area contributed by atoms with E-state index in [2.05, 4.69) is 4.98 Å². The lowest BCUT2D eigenvalue weighted by molar-refractivity contribution is -0.290. The van der Waals surface area contributed by atoms with Gasteiger partial charge in [-0.25, -0.2) is 18.2 Å². The monoisotopic (exact) mass is 456 g/mol. The van der Waals surface area contributed by atoms with Crippen LogP contribution in [-0.2, 0) is 30.2 Å². The first kappa shape index (κ1) is 23.0. The molecule has 0 radical (unpaired) electrons. The van der Waals surface area contributed by atoms with Crippen molar-refractivity contribution in [1.82, 2.24) is 14.5 Å². The maximum Gasteiger partial charge on any atom is 0.459 e. The van der Waals surface area contributed by atoms with Crippen LogP contribution in [0.1, 0.15) is 23.5 Å². The summed E-state index contributed by atoms with van der Waals surface area (Å²) in [4.78, 5) is 16.9. The molecule has 5 nitrogen and oxygen atoms in total. The number of rotatable bonds is 5. The summed E-state index contributed by atoms with van der Waals surface area (Å²) in [5, 5.41) is 0. The molecular weight excluding hydrogens is 440 g/mol. The summed E-state index contributed by atoms with van der Waals surface area (Å²) >= 11 is 0. The van der Waals surface area contributed by atoms with E-state index in [0.29, 0.717) is 18.3 Å². The van der Waals surface area contributed by atoms with Gasteiger partial charge in [0, 0.05) is 37.8 Å². The van der Waals surface area contributed by atoms with Crippen molar-refractivity contribution >= 4 is 5.91 Å². The van der Waals surface area contributed by atoms with Gasteiger partial charge in [0.1, 0.15) is 17.3 Å². The highest BCUT2D eigenvalue weighted by atomic mass is 19.4. The summed E-state index contributed by atoms with van der Waals surface area (Å²) in [6.45, 7) is -0.375. The number of nitrogens with zero attached hydrogens (tertiary/aromatic N) is 3. The largest absolute Gasteiger partial charge is 0.459 e. The molecule has 0 bridgehead atoms. The Labute approximate surface area is 170 Å². The standard InChI is InChI=1S/C18H16F8N4O/c19-11-6-13(21)12(20)4-9(11)3-10(27)5-16(31)30-2-1-29-7-14(28-15(29)8-30)17(22,23)18(24,25)26/h4,6-7,10H,1-3,5,8,27H2/t10-/m1/s1. The van der Waals surface area contributed by atoms with Gasteiger partial charge in [-0.3, -0.25) is 4.79 Å². The molecule has 13 heteroatoms. The predicted molar refractivity (Wildman–Crippen MR) is 90.2 cm³/mol. The minimum absolute atomic E-state index is 0.00544. The average Bonchev–Trinajstić information content (AvgIpc) is 3.09. The number of benzene rings is 1. The topological polar surface area (TPSA) is 64.2 Å². The minimum atomic E-state index is -5.81. The molecule has 1 aliphatic rings. The van der Waals surface area contributed by atoms with Gasteiger partial charge in [0.05, 0.1) is 6.54 Å². The van der Waals surface area contributed by atoms with Gasteiger partial charge in [0.2, 0.25) is 5.91 Å². The molecule has 0 unspecified atom stereocenters. The van der Waals surface area contributed by atoms with Gasteiger partial charge in [0.15, 0.2) is 11.6 Å². The van der Waals surface area contributed by atoms with E-state index in [1.807, 2.05) is 0 Å². The second-order valence-electron chi connectivity index (χ2n) is 7.15. The molecule has 2 N–H and O–H groups in total. The fraction of sp³-hybridized carbons (Fsp3) is 0.444. The van der Waals surface area contributed by atoms with Gasteiger partial charge >= 0.3 is 12.1 Å². The van der Waals surface area contributed by atoms with Crippen LogP contribution in [0.3, 0.4) is 0 Å². The third-order valence-corrected chi connectivity index (χ3v) is 4.84. The molecule has 1 aromatic carbocycles. The van der Waals surface area contributed by atoms with Crippen LogP contribution in [0.15, 0.2) is 18.3 Å². The molecular formula is C18H16F8N4O. The number of amides is 1. The zero-order chi connectivity index (χ0) is 23.1. The third kappa shape index (κ3) is 4.65. The summed E-state index contributed by atoms with van der Waals surface area (Å²) < 4.78 is 106. The van der Waals surface area contributed by atoms with Crippen molar-refractivity contribution in [2.75, 3.05) is 6.54 Å². The first-order chi connectivity index (χ1) is 14.3.